The van der Waals surface area contributed by atoms with E-state index in [0.717, 1.165) is 0 Å². The third-order valence-corrected chi connectivity index (χ3v) is 3.36. The number of rotatable bonds is 5. The van der Waals surface area contributed by atoms with Crippen molar-refractivity contribution in [2.24, 2.45) is 0 Å². The average Bonchev–Trinajstić information content (AvgIpc) is 2.40. The Bertz CT molecular complexity index is 477. The quantitative estimate of drug-likeness (QED) is 0.663. The molecule has 1 aromatic rings. The van der Waals surface area contributed by atoms with E-state index in [1.807, 2.05) is 0 Å². The highest BCUT2D eigenvalue weighted by atomic mass is 79.9. The van der Waals surface area contributed by atoms with E-state index in [1.54, 1.807) is 30.1 Å². The Kier molecular flexibility index (Phi) is 5.82. The average molecular weight is 329 g/mol. The van der Waals surface area contributed by atoms with Crippen LogP contribution in [0.3, 0.4) is 0 Å². The molecule has 1 rings (SSSR count). The van der Waals surface area contributed by atoms with E-state index in [2.05, 4.69) is 20.7 Å². The van der Waals surface area contributed by atoms with Gasteiger partial charge in [-0.25, -0.2) is 0 Å². The summed E-state index contributed by atoms with van der Waals surface area (Å²) < 4.78 is 5.25. The molecule has 0 aliphatic carbocycles. The van der Waals surface area contributed by atoms with Crippen molar-refractivity contribution in [1.82, 2.24) is 4.90 Å². The van der Waals surface area contributed by atoms with Crippen molar-refractivity contribution < 1.29 is 14.3 Å². The van der Waals surface area contributed by atoms with E-state index >= 15 is 0 Å². The Labute approximate surface area is 120 Å². The molecule has 6 heteroatoms. The minimum atomic E-state index is -0.272. The second-order valence-electron chi connectivity index (χ2n) is 4.15. The lowest BCUT2D eigenvalue weighted by molar-refractivity contribution is -0.140. The van der Waals surface area contributed by atoms with Gasteiger partial charge in [0.2, 0.25) is 0 Å². The molecule has 0 spiro atoms. The number of carbonyl (C=O) groups is 2. The highest BCUT2D eigenvalue weighted by molar-refractivity contribution is 9.10. The lowest BCUT2D eigenvalue weighted by Crippen LogP contribution is -2.28. The fourth-order valence-corrected chi connectivity index (χ4v) is 1.99. The van der Waals surface area contributed by atoms with Gasteiger partial charge in [-0.3, -0.25) is 9.59 Å². The predicted molar refractivity (Wildman–Crippen MR) is 76.8 cm³/mol. The molecular formula is C13H17BrN2O3. The van der Waals surface area contributed by atoms with Crippen molar-refractivity contribution in [2.45, 2.75) is 12.8 Å². The standard InChI is InChI=1S/C13H17BrN2O3/c1-16(7-3-4-12(17)19-2)13(18)10-8-9(15)5-6-11(10)14/h5-6,8H,3-4,7,15H2,1-2H3. The van der Waals surface area contributed by atoms with Crippen molar-refractivity contribution in [3.8, 4) is 0 Å². The first-order chi connectivity index (χ1) is 8.95. The first kappa shape index (κ1) is 15.5. The lowest BCUT2D eigenvalue weighted by atomic mass is 10.1. The van der Waals surface area contributed by atoms with Crippen LogP contribution in [0.15, 0.2) is 22.7 Å². The van der Waals surface area contributed by atoms with Crippen molar-refractivity contribution in [3.63, 3.8) is 0 Å². The van der Waals surface area contributed by atoms with Gasteiger partial charge in [-0.15, -0.1) is 0 Å². The molecule has 1 aromatic carbocycles. The number of nitrogens with zero attached hydrogens (tertiary/aromatic N) is 1. The maximum atomic E-state index is 12.2. The highest BCUT2D eigenvalue weighted by Gasteiger charge is 2.15. The van der Waals surface area contributed by atoms with Gasteiger partial charge in [0.05, 0.1) is 12.7 Å². The molecular weight excluding hydrogens is 312 g/mol. The van der Waals surface area contributed by atoms with Crippen molar-refractivity contribution in [2.75, 3.05) is 26.4 Å². The van der Waals surface area contributed by atoms with Gasteiger partial charge in [0.15, 0.2) is 0 Å². The zero-order valence-electron chi connectivity index (χ0n) is 11.0. The fourth-order valence-electron chi connectivity index (χ4n) is 1.58. The Morgan fingerprint density at radius 2 is 2.11 bits per heavy atom. The minimum absolute atomic E-state index is 0.135. The summed E-state index contributed by atoms with van der Waals surface area (Å²) in [4.78, 5) is 24.7. The Morgan fingerprint density at radius 3 is 2.74 bits per heavy atom. The predicted octanol–water partition coefficient (Wildman–Crippen LogP) is 2.06. The number of esters is 1. The first-order valence-electron chi connectivity index (χ1n) is 5.83. The molecule has 0 saturated carbocycles. The van der Waals surface area contributed by atoms with Crippen molar-refractivity contribution >= 4 is 33.5 Å². The van der Waals surface area contributed by atoms with Gasteiger partial charge in [0.1, 0.15) is 0 Å². The summed E-state index contributed by atoms with van der Waals surface area (Å²) in [5.41, 5.74) is 6.72. The molecule has 0 fully saturated rings. The molecule has 0 bridgehead atoms. The molecule has 0 radical (unpaired) electrons. The maximum Gasteiger partial charge on any atom is 0.305 e. The number of amides is 1. The second kappa shape index (κ2) is 7.13. The van der Waals surface area contributed by atoms with E-state index in [0.29, 0.717) is 35.1 Å². The minimum Gasteiger partial charge on any atom is -0.469 e. The van der Waals surface area contributed by atoms with Crippen molar-refractivity contribution in [1.29, 1.82) is 0 Å². The Hall–Kier alpha value is -1.56. The Balaban J connectivity index is 2.61. The fraction of sp³-hybridized carbons (Fsp3) is 0.385. The number of methoxy groups -OCH3 is 1. The molecule has 104 valence electrons. The molecule has 19 heavy (non-hydrogen) atoms. The summed E-state index contributed by atoms with van der Waals surface area (Å²) in [6.07, 6.45) is 0.862. The Morgan fingerprint density at radius 1 is 1.42 bits per heavy atom. The number of nitrogens with two attached hydrogens (primary N) is 1. The van der Waals surface area contributed by atoms with Crippen LogP contribution in [0.1, 0.15) is 23.2 Å². The second-order valence-corrected chi connectivity index (χ2v) is 5.00. The number of carbonyl (C=O) groups excluding carboxylic acids is 2. The summed E-state index contributed by atoms with van der Waals surface area (Å²) in [6.45, 7) is 0.481. The number of anilines is 1. The van der Waals surface area contributed by atoms with Crippen LogP contribution in [0.4, 0.5) is 5.69 Å². The smallest absolute Gasteiger partial charge is 0.305 e. The van der Waals surface area contributed by atoms with Crippen LogP contribution < -0.4 is 5.73 Å². The molecule has 0 unspecified atom stereocenters. The van der Waals surface area contributed by atoms with Crippen LogP contribution in [0.5, 0.6) is 0 Å². The summed E-state index contributed by atoms with van der Waals surface area (Å²) in [6, 6.07) is 5.09. The van der Waals surface area contributed by atoms with Crippen LogP contribution in [0.2, 0.25) is 0 Å². The molecule has 0 atom stereocenters. The van der Waals surface area contributed by atoms with Gasteiger partial charge in [-0.1, -0.05) is 0 Å². The van der Waals surface area contributed by atoms with Crippen LogP contribution in [0, 0.1) is 0 Å². The summed E-state index contributed by atoms with van der Waals surface area (Å²) >= 11 is 3.32. The van der Waals surface area contributed by atoms with E-state index < -0.39 is 0 Å². The molecule has 2 N–H and O–H groups in total. The lowest BCUT2D eigenvalue weighted by Gasteiger charge is -2.18. The number of hydrogen-bond donors (Lipinski definition) is 1. The highest BCUT2D eigenvalue weighted by Crippen LogP contribution is 2.21. The molecule has 0 heterocycles. The number of hydrogen-bond acceptors (Lipinski definition) is 4. The van der Waals surface area contributed by atoms with Crippen LogP contribution in [0.25, 0.3) is 0 Å². The number of halogens is 1. The summed E-state index contributed by atoms with van der Waals surface area (Å²) in [7, 11) is 3.04. The monoisotopic (exact) mass is 328 g/mol. The molecule has 0 aliphatic rings. The van der Waals surface area contributed by atoms with Crippen molar-refractivity contribution in [3.05, 3.63) is 28.2 Å². The van der Waals surface area contributed by atoms with Crippen LogP contribution >= 0.6 is 15.9 Å². The van der Waals surface area contributed by atoms with E-state index in [1.165, 1.54) is 7.11 Å². The normalized spacial score (nSPS) is 10.1. The summed E-state index contributed by atoms with van der Waals surface area (Å²) in [5, 5.41) is 0. The SMILES string of the molecule is COC(=O)CCCN(C)C(=O)c1cc(N)ccc1Br. The van der Waals surface area contributed by atoms with Gasteiger partial charge < -0.3 is 15.4 Å². The van der Waals surface area contributed by atoms with E-state index in [-0.39, 0.29) is 11.9 Å². The summed E-state index contributed by atoms with van der Waals surface area (Å²) in [5.74, 6) is -0.407. The number of ether oxygens (including phenoxy) is 1. The molecule has 1 amide bonds. The van der Waals surface area contributed by atoms with Gasteiger partial charge in [-0.2, -0.15) is 0 Å². The van der Waals surface area contributed by atoms with Crippen LogP contribution in [-0.4, -0.2) is 37.5 Å². The largest absolute Gasteiger partial charge is 0.469 e. The number of benzene rings is 1. The number of nitrogen functional groups attached to an aromatic ring is 1. The zero-order valence-corrected chi connectivity index (χ0v) is 12.6. The third-order valence-electron chi connectivity index (χ3n) is 2.67. The van der Waals surface area contributed by atoms with Crippen LogP contribution in [-0.2, 0) is 9.53 Å². The van der Waals surface area contributed by atoms with Gasteiger partial charge >= 0.3 is 5.97 Å². The topological polar surface area (TPSA) is 72.6 Å². The third kappa shape index (κ3) is 4.55. The van der Waals surface area contributed by atoms with E-state index in [4.69, 9.17) is 5.73 Å². The molecule has 0 aliphatic heterocycles. The first-order valence-corrected chi connectivity index (χ1v) is 6.62. The van der Waals surface area contributed by atoms with Gasteiger partial charge in [-0.05, 0) is 40.5 Å². The van der Waals surface area contributed by atoms with Gasteiger partial charge in [0.25, 0.3) is 5.91 Å². The maximum absolute atomic E-state index is 12.2. The van der Waals surface area contributed by atoms with E-state index in [9.17, 15) is 9.59 Å². The molecule has 5 nitrogen and oxygen atoms in total. The zero-order chi connectivity index (χ0) is 14.4. The van der Waals surface area contributed by atoms with Gasteiger partial charge in [0, 0.05) is 30.2 Å². The molecule has 0 aromatic heterocycles. The molecule has 0 saturated heterocycles.